The standard InChI is InChI=1S/C13H19N3O4S/c1-2-4-13(10(17)18)5-3-6-16(13)11(19)14-7-9-8-21-12(20)15-9/h8H,2-7H2,1H3,(H,14,19)(H,15,20)(H,17,18). The van der Waals surface area contributed by atoms with Crippen molar-refractivity contribution in [2.24, 2.45) is 0 Å². The van der Waals surface area contributed by atoms with Crippen LogP contribution in [0, 0.1) is 0 Å². The van der Waals surface area contributed by atoms with Gasteiger partial charge < -0.3 is 20.3 Å². The van der Waals surface area contributed by atoms with Gasteiger partial charge in [0.1, 0.15) is 5.54 Å². The molecule has 2 rings (SSSR count). The smallest absolute Gasteiger partial charge is 0.329 e. The Balaban J connectivity index is 2.06. The fraction of sp³-hybridized carbons (Fsp3) is 0.615. The summed E-state index contributed by atoms with van der Waals surface area (Å²) in [5.74, 6) is -0.944. The molecule has 1 aliphatic rings. The van der Waals surface area contributed by atoms with Gasteiger partial charge in [0.25, 0.3) is 0 Å². The van der Waals surface area contributed by atoms with Crippen molar-refractivity contribution in [2.75, 3.05) is 6.54 Å². The Morgan fingerprint density at radius 1 is 1.57 bits per heavy atom. The lowest BCUT2D eigenvalue weighted by Crippen LogP contribution is -2.55. The normalized spacial score (nSPS) is 21.5. The molecule has 0 bridgehead atoms. The maximum absolute atomic E-state index is 12.3. The van der Waals surface area contributed by atoms with E-state index in [0.29, 0.717) is 37.9 Å². The van der Waals surface area contributed by atoms with Crippen molar-refractivity contribution in [1.82, 2.24) is 15.2 Å². The molecule has 1 aliphatic heterocycles. The number of amides is 2. The van der Waals surface area contributed by atoms with E-state index in [1.54, 1.807) is 5.38 Å². The van der Waals surface area contributed by atoms with Crippen molar-refractivity contribution < 1.29 is 14.7 Å². The van der Waals surface area contributed by atoms with E-state index in [2.05, 4.69) is 10.3 Å². The predicted molar refractivity (Wildman–Crippen MR) is 78.4 cm³/mol. The van der Waals surface area contributed by atoms with Crippen molar-refractivity contribution in [3.05, 3.63) is 20.7 Å². The van der Waals surface area contributed by atoms with Gasteiger partial charge in [-0.1, -0.05) is 24.7 Å². The van der Waals surface area contributed by atoms with Gasteiger partial charge in [-0.15, -0.1) is 0 Å². The average molecular weight is 313 g/mol. The zero-order valence-corrected chi connectivity index (χ0v) is 12.7. The number of urea groups is 1. The minimum Gasteiger partial charge on any atom is -0.479 e. The van der Waals surface area contributed by atoms with E-state index < -0.39 is 17.5 Å². The summed E-state index contributed by atoms with van der Waals surface area (Å²) < 4.78 is 0. The van der Waals surface area contributed by atoms with Crippen molar-refractivity contribution in [3.63, 3.8) is 0 Å². The lowest BCUT2D eigenvalue weighted by molar-refractivity contribution is -0.148. The van der Waals surface area contributed by atoms with E-state index in [4.69, 9.17) is 0 Å². The van der Waals surface area contributed by atoms with E-state index in [1.807, 2.05) is 6.92 Å². The number of aromatic nitrogens is 1. The molecule has 1 aromatic rings. The van der Waals surface area contributed by atoms with Crippen molar-refractivity contribution in [1.29, 1.82) is 0 Å². The molecule has 1 saturated heterocycles. The quantitative estimate of drug-likeness (QED) is 0.764. The minimum atomic E-state index is -1.10. The number of rotatable bonds is 5. The Labute approximate surface area is 126 Å². The van der Waals surface area contributed by atoms with Crippen LogP contribution < -0.4 is 10.2 Å². The molecular weight excluding hydrogens is 294 g/mol. The van der Waals surface area contributed by atoms with Gasteiger partial charge in [-0.3, -0.25) is 4.79 Å². The highest BCUT2D eigenvalue weighted by Crippen LogP contribution is 2.34. The molecule has 8 heteroatoms. The molecular formula is C13H19N3O4S. The topological polar surface area (TPSA) is 102 Å². The number of carboxylic acid groups (broad SMARTS) is 1. The van der Waals surface area contributed by atoms with Crippen LogP contribution in [-0.4, -0.2) is 39.1 Å². The summed E-state index contributed by atoms with van der Waals surface area (Å²) in [7, 11) is 0. The molecule has 116 valence electrons. The molecule has 1 aromatic heterocycles. The summed E-state index contributed by atoms with van der Waals surface area (Å²) in [6, 6.07) is -0.393. The van der Waals surface area contributed by atoms with Gasteiger partial charge >= 0.3 is 16.9 Å². The molecule has 0 aromatic carbocycles. The molecule has 1 atom stereocenters. The van der Waals surface area contributed by atoms with Gasteiger partial charge in [-0.25, -0.2) is 9.59 Å². The highest BCUT2D eigenvalue weighted by atomic mass is 32.1. The number of hydrogen-bond acceptors (Lipinski definition) is 4. The van der Waals surface area contributed by atoms with Crippen LogP contribution in [0.2, 0.25) is 0 Å². The molecule has 21 heavy (non-hydrogen) atoms. The average Bonchev–Trinajstić information content (AvgIpc) is 3.04. The molecule has 0 aliphatic carbocycles. The van der Waals surface area contributed by atoms with Crippen molar-refractivity contribution >= 4 is 23.3 Å². The van der Waals surface area contributed by atoms with Crippen LogP contribution in [0.5, 0.6) is 0 Å². The van der Waals surface area contributed by atoms with Crippen LogP contribution in [0.1, 0.15) is 38.3 Å². The van der Waals surface area contributed by atoms with Crippen molar-refractivity contribution in [3.8, 4) is 0 Å². The van der Waals surface area contributed by atoms with Crippen LogP contribution in [0.3, 0.4) is 0 Å². The second-order valence-corrected chi connectivity index (χ2v) is 6.02. The first-order valence-electron chi connectivity index (χ1n) is 6.95. The molecule has 1 fully saturated rings. The Bertz CT molecular complexity index is 582. The lowest BCUT2D eigenvalue weighted by atomic mass is 9.91. The fourth-order valence-electron chi connectivity index (χ4n) is 2.84. The van der Waals surface area contributed by atoms with E-state index in [-0.39, 0.29) is 11.4 Å². The van der Waals surface area contributed by atoms with Crippen LogP contribution >= 0.6 is 11.3 Å². The number of aliphatic carboxylic acids is 1. The van der Waals surface area contributed by atoms with Gasteiger partial charge in [-0.2, -0.15) is 0 Å². The molecule has 7 nitrogen and oxygen atoms in total. The third-order valence-corrected chi connectivity index (χ3v) is 4.51. The summed E-state index contributed by atoms with van der Waals surface area (Å²) in [5.41, 5.74) is -0.477. The minimum absolute atomic E-state index is 0.175. The zero-order valence-electron chi connectivity index (χ0n) is 11.8. The number of carboxylic acids is 1. The number of thiazole rings is 1. The van der Waals surface area contributed by atoms with Gasteiger partial charge in [0.2, 0.25) is 0 Å². The molecule has 3 N–H and O–H groups in total. The van der Waals surface area contributed by atoms with Gasteiger partial charge in [0.15, 0.2) is 0 Å². The Morgan fingerprint density at radius 2 is 2.33 bits per heavy atom. The SMILES string of the molecule is CCCC1(C(=O)O)CCCN1C(=O)NCc1csc(=O)[nH]1. The number of nitrogens with one attached hydrogen (secondary N) is 2. The summed E-state index contributed by atoms with van der Waals surface area (Å²) in [5, 5.41) is 13.9. The van der Waals surface area contributed by atoms with E-state index in [9.17, 15) is 19.5 Å². The first kappa shape index (κ1) is 15.6. The molecule has 0 radical (unpaired) electrons. The predicted octanol–water partition coefficient (Wildman–Crippen LogP) is 1.37. The monoisotopic (exact) mass is 313 g/mol. The number of aromatic amines is 1. The van der Waals surface area contributed by atoms with Crippen LogP contribution in [-0.2, 0) is 11.3 Å². The summed E-state index contributed by atoms with van der Waals surface area (Å²) in [6.45, 7) is 2.55. The number of likely N-dealkylation sites (tertiary alicyclic amines) is 1. The Hall–Kier alpha value is -1.83. The zero-order chi connectivity index (χ0) is 15.5. The summed E-state index contributed by atoms with van der Waals surface area (Å²) in [6.07, 6.45) is 2.33. The maximum atomic E-state index is 12.3. The number of hydrogen-bond donors (Lipinski definition) is 3. The number of carbonyl (C=O) groups is 2. The van der Waals surface area contributed by atoms with Gasteiger partial charge in [0, 0.05) is 17.6 Å². The molecule has 0 saturated carbocycles. The first-order chi connectivity index (χ1) is 9.99. The first-order valence-corrected chi connectivity index (χ1v) is 7.83. The van der Waals surface area contributed by atoms with E-state index in [1.165, 1.54) is 4.90 Å². The third kappa shape index (κ3) is 3.10. The van der Waals surface area contributed by atoms with Crippen molar-refractivity contribution in [2.45, 2.75) is 44.7 Å². The summed E-state index contributed by atoms with van der Waals surface area (Å²) in [4.78, 5) is 38.8. The van der Waals surface area contributed by atoms with E-state index >= 15 is 0 Å². The fourth-order valence-corrected chi connectivity index (χ4v) is 3.43. The summed E-state index contributed by atoms with van der Waals surface area (Å²) >= 11 is 1.03. The lowest BCUT2D eigenvalue weighted by Gasteiger charge is -2.34. The number of nitrogens with zero attached hydrogens (tertiary/aromatic N) is 1. The van der Waals surface area contributed by atoms with Crippen LogP contribution in [0.4, 0.5) is 4.79 Å². The number of carbonyl (C=O) groups excluding carboxylic acids is 1. The molecule has 1 unspecified atom stereocenters. The molecule has 2 amide bonds. The highest BCUT2D eigenvalue weighted by Gasteiger charge is 2.49. The highest BCUT2D eigenvalue weighted by molar-refractivity contribution is 7.07. The van der Waals surface area contributed by atoms with Crippen LogP contribution in [0.25, 0.3) is 0 Å². The van der Waals surface area contributed by atoms with Crippen LogP contribution in [0.15, 0.2) is 10.2 Å². The molecule has 0 spiro atoms. The molecule has 2 heterocycles. The van der Waals surface area contributed by atoms with Gasteiger partial charge in [-0.05, 0) is 19.3 Å². The largest absolute Gasteiger partial charge is 0.479 e. The second-order valence-electron chi connectivity index (χ2n) is 5.17. The Kier molecular flexibility index (Phi) is 4.66. The maximum Gasteiger partial charge on any atom is 0.329 e. The third-order valence-electron chi connectivity index (χ3n) is 3.80. The van der Waals surface area contributed by atoms with Gasteiger partial charge in [0.05, 0.1) is 6.54 Å². The number of H-pyrrole nitrogens is 1. The second kappa shape index (κ2) is 6.30. The van der Waals surface area contributed by atoms with E-state index in [0.717, 1.165) is 11.3 Å². The Morgan fingerprint density at radius 3 is 2.90 bits per heavy atom.